The topological polar surface area (TPSA) is 41.2 Å². The Balaban J connectivity index is 1.45. The van der Waals surface area contributed by atoms with Gasteiger partial charge < -0.3 is 4.74 Å². The van der Waals surface area contributed by atoms with E-state index in [1.807, 2.05) is 36.5 Å². The van der Waals surface area contributed by atoms with Crippen molar-refractivity contribution in [1.82, 2.24) is 15.1 Å². The van der Waals surface area contributed by atoms with Crippen molar-refractivity contribution in [2.75, 3.05) is 26.2 Å². The van der Waals surface area contributed by atoms with Crippen molar-refractivity contribution in [3.63, 3.8) is 0 Å². The number of likely N-dealkylation sites (tertiary alicyclic amines) is 1. The molecule has 1 fully saturated rings. The van der Waals surface area contributed by atoms with Crippen molar-refractivity contribution in [2.45, 2.75) is 19.3 Å². The molecule has 106 valence electrons. The molecule has 1 aliphatic heterocycles. The first kappa shape index (κ1) is 13.2. The van der Waals surface area contributed by atoms with E-state index in [1.54, 1.807) is 0 Å². The average Bonchev–Trinajstić information content (AvgIpc) is 3.09. The number of aromatic amines is 1. The van der Waals surface area contributed by atoms with E-state index in [0.29, 0.717) is 5.92 Å². The van der Waals surface area contributed by atoms with Crippen molar-refractivity contribution >= 4 is 0 Å². The minimum atomic E-state index is 0.592. The minimum Gasteiger partial charge on any atom is -0.492 e. The molecule has 0 saturated carbocycles. The maximum absolute atomic E-state index is 5.76. The maximum atomic E-state index is 5.76. The number of aryl methyl sites for hydroxylation is 1. The molecule has 1 aromatic carbocycles. The number of rotatable bonds is 5. The molecule has 1 saturated heterocycles. The molecule has 1 N–H and O–H groups in total. The summed E-state index contributed by atoms with van der Waals surface area (Å²) in [6, 6.07) is 10.0. The SMILES string of the molecule is Cc1cn[nH]c1[C@H]1CCN(CCOc2ccccc2)C1. The standard InChI is InChI=1S/C16H21N3O/c1-13-11-17-18-16(13)14-7-8-19(12-14)9-10-20-15-5-3-2-4-6-15/h2-6,11,14H,7-10,12H2,1H3,(H,17,18)/t14-/m0/s1. The Kier molecular flexibility index (Phi) is 4.02. The van der Waals surface area contributed by atoms with Crippen LogP contribution in [-0.4, -0.2) is 41.3 Å². The number of hydrogen-bond acceptors (Lipinski definition) is 3. The number of ether oxygens (including phenoxy) is 1. The Morgan fingerprint density at radius 3 is 2.95 bits per heavy atom. The smallest absolute Gasteiger partial charge is 0.119 e. The molecule has 0 aliphatic carbocycles. The van der Waals surface area contributed by atoms with Crippen LogP contribution >= 0.6 is 0 Å². The maximum Gasteiger partial charge on any atom is 0.119 e. The zero-order chi connectivity index (χ0) is 13.8. The highest BCUT2D eigenvalue weighted by molar-refractivity contribution is 5.21. The molecule has 4 heteroatoms. The molecule has 1 atom stereocenters. The van der Waals surface area contributed by atoms with Crippen molar-refractivity contribution < 1.29 is 4.74 Å². The largest absolute Gasteiger partial charge is 0.492 e. The van der Waals surface area contributed by atoms with E-state index in [4.69, 9.17) is 4.74 Å². The Hall–Kier alpha value is -1.81. The van der Waals surface area contributed by atoms with Crippen molar-refractivity contribution in [3.05, 3.63) is 47.8 Å². The summed E-state index contributed by atoms with van der Waals surface area (Å²) in [5, 5.41) is 7.27. The van der Waals surface area contributed by atoms with Crippen LogP contribution in [0.5, 0.6) is 5.75 Å². The van der Waals surface area contributed by atoms with Gasteiger partial charge in [-0.3, -0.25) is 10.00 Å². The Labute approximate surface area is 119 Å². The normalized spacial score (nSPS) is 19.4. The first-order valence-corrected chi connectivity index (χ1v) is 7.23. The molecule has 0 amide bonds. The van der Waals surface area contributed by atoms with Gasteiger partial charge in [-0.2, -0.15) is 5.10 Å². The van der Waals surface area contributed by atoms with Crippen molar-refractivity contribution in [3.8, 4) is 5.75 Å². The third kappa shape index (κ3) is 3.02. The summed E-state index contributed by atoms with van der Waals surface area (Å²) < 4.78 is 5.76. The second-order valence-corrected chi connectivity index (χ2v) is 5.41. The summed E-state index contributed by atoms with van der Waals surface area (Å²) in [7, 11) is 0. The molecule has 4 nitrogen and oxygen atoms in total. The highest BCUT2D eigenvalue weighted by Gasteiger charge is 2.25. The second kappa shape index (κ2) is 6.09. The zero-order valence-corrected chi connectivity index (χ0v) is 11.9. The summed E-state index contributed by atoms with van der Waals surface area (Å²) in [6.45, 7) is 6.10. The fraction of sp³-hybridized carbons (Fsp3) is 0.438. The van der Waals surface area contributed by atoms with Crippen molar-refractivity contribution in [1.29, 1.82) is 0 Å². The van der Waals surface area contributed by atoms with Crippen LogP contribution in [0.2, 0.25) is 0 Å². The van der Waals surface area contributed by atoms with Crippen LogP contribution in [0, 0.1) is 6.92 Å². The van der Waals surface area contributed by atoms with E-state index in [-0.39, 0.29) is 0 Å². The van der Waals surface area contributed by atoms with Crippen LogP contribution in [0.15, 0.2) is 36.5 Å². The van der Waals surface area contributed by atoms with Gasteiger partial charge in [-0.25, -0.2) is 0 Å². The van der Waals surface area contributed by atoms with E-state index in [2.05, 4.69) is 22.0 Å². The van der Waals surface area contributed by atoms with E-state index >= 15 is 0 Å². The lowest BCUT2D eigenvalue weighted by atomic mass is 10.0. The summed E-state index contributed by atoms with van der Waals surface area (Å²) in [5.74, 6) is 1.54. The number of nitrogens with one attached hydrogen (secondary N) is 1. The molecule has 0 radical (unpaired) electrons. The third-order valence-corrected chi connectivity index (χ3v) is 3.97. The highest BCUT2D eigenvalue weighted by atomic mass is 16.5. The van der Waals surface area contributed by atoms with Gasteiger partial charge in [0.1, 0.15) is 12.4 Å². The quantitative estimate of drug-likeness (QED) is 0.908. The summed E-state index contributed by atoms with van der Waals surface area (Å²) in [4.78, 5) is 2.47. The molecule has 2 heterocycles. The molecule has 0 unspecified atom stereocenters. The minimum absolute atomic E-state index is 0.592. The number of hydrogen-bond donors (Lipinski definition) is 1. The fourth-order valence-corrected chi connectivity index (χ4v) is 2.85. The Morgan fingerprint density at radius 2 is 2.20 bits per heavy atom. The number of para-hydroxylation sites is 1. The third-order valence-electron chi connectivity index (χ3n) is 3.97. The average molecular weight is 271 g/mol. The van der Waals surface area contributed by atoms with Crippen molar-refractivity contribution in [2.24, 2.45) is 0 Å². The first-order valence-electron chi connectivity index (χ1n) is 7.23. The Morgan fingerprint density at radius 1 is 1.35 bits per heavy atom. The molecule has 20 heavy (non-hydrogen) atoms. The molecule has 1 aromatic heterocycles. The van der Waals surface area contributed by atoms with Crippen LogP contribution < -0.4 is 4.74 Å². The molecule has 2 aromatic rings. The van der Waals surface area contributed by atoms with E-state index < -0.39 is 0 Å². The molecule has 0 bridgehead atoms. The van der Waals surface area contributed by atoms with E-state index in [0.717, 1.165) is 32.0 Å². The predicted molar refractivity (Wildman–Crippen MR) is 79.1 cm³/mol. The van der Waals surface area contributed by atoms with Crippen LogP contribution in [-0.2, 0) is 0 Å². The van der Waals surface area contributed by atoms with E-state index in [1.165, 1.54) is 17.7 Å². The lowest BCUT2D eigenvalue weighted by Crippen LogP contribution is -2.26. The van der Waals surface area contributed by atoms with Crippen LogP contribution in [0.1, 0.15) is 23.6 Å². The summed E-state index contributed by atoms with van der Waals surface area (Å²) in [6.07, 6.45) is 3.12. The fourth-order valence-electron chi connectivity index (χ4n) is 2.85. The number of aromatic nitrogens is 2. The summed E-state index contributed by atoms with van der Waals surface area (Å²) in [5.41, 5.74) is 2.58. The lowest BCUT2D eigenvalue weighted by molar-refractivity contribution is 0.236. The van der Waals surface area contributed by atoms with Gasteiger partial charge in [0.2, 0.25) is 0 Å². The predicted octanol–water partition coefficient (Wildman–Crippen LogP) is 2.59. The zero-order valence-electron chi connectivity index (χ0n) is 11.9. The van der Waals surface area contributed by atoms with E-state index in [9.17, 15) is 0 Å². The van der Waals surface area contributed by atoms with Crippen LogP contribution in [0.25, 0.3) is 0 Å². The second-order valence-electron chi connectivity index (χ2n) is 5.41. The number of benzene rings is 1. The van der Waals surface area contributed by atoms with Gasteiger partial charge in [0, 0.05) is 24.7 Å². The highest BCUT2D eigenvalue weighted by Crippen LogP contribution is 2.27. The van der Waals surface area contributed by atoms with Gasteiger partial charge in [-0.15, -0.1) is 0 Å². The van der Waals surface area contributed by atoms with Gasteiger partial charge in [0.15, 0.2) is 0 Å². The number of nitrogens with zero attached hydrogens (tertiary/aromatic N) is 2. The molecule has 3 rings (SSSR count). The summed E-state index contributed by atoms with van der Waals surface area (Å²) >= 11 is 0. The van der Waals surface area contributed by atoms with Crippen LogP contribution in [0.3, 0.4) is 0 Å². The molecule has 1 aliphatic rings. The molecular weight excluding hydrogens is 250 g/mol. The monoisotopic (exact) mass is 271 g/mol. The van der Waals surface area contributed by atoms with Gasteiger partial charge in [-0.1, -0.05) is 18.2 Å². The van der Waals surface area contributed by atoms with Gasteiger partial charge in [0.05, 0.1) is 6.20 Å². The first-order chi connectivity index (χ1) is 9.83. The number of H-pyrrole nitrogens is 1. The van der Waals surface area contributed by atoms with Gasteiger partial charge in [0.25, 0.3) is 0 Å². The lowest BCUT2D eigenvalue weighted by Gasteiger charge is -2.16. The van der Waals surface area contributed by atoms with Gasteiger partial charge >= 0.3 is 0 Å². The molecule has 0 spiro atoms. The Bertz CT molecular complexity index is 538. The van der Waals surface area contributed by atoms with Gasteiger partial charge in [-0.05, 0) is 37.6 Å². The molecular formula is C16H21N3O. The van der Waals surface area contributed by atoms with Crippen LogP contribution in [0.4, 0.5) is 0 Å².